The van der Waals surface area contributed by atoms with Gasteiger partial charge in [-0.25, -0.2) is 5.43 Å². The topological polar surface area (TPSA) is 150 Å². The smallest absolute Gasteiger partial charge is 0.266 e. The van der Waals surface area contributed by atoms with Gasteiger partial charge in [0.05, 0.1) is 17.9 Å². The van der Waals surface area contributed by atoms with Gasteiger partial charge in [0.1, 0.15) is 12.9 Å². The summed E-state index contributed by atoms with van der Waals surface area (Å²) >= 11 is 0. The Morgan fingerprint density at radius 2 is 2.03 bits per heavy atom. The molecule has 3 N–H and O–H groups in total. The number of ether oxygens (including phenoxy) is 3. The van der Waals surface area contributed by atoms with E-state index in [2.05, 4.69) is 36.6 Å². The number of nitrogens with zero attached hydrogens (tertiary/aromatic N) is 5. The van der Waals surface area contributed by atoms with Crippen molar-refractivity contribution in [1.29, 1.82) is 0 Å². The first kappa shape index (κ1) is 24.1. The Bertz CT molecular complexity index is 1520. The van der Waals surface area contributed by atoms with Gasteiger partial charge in [0.25, 0.3) is 5.91 Å². The van der Waals surface area contributed by atoms with Gasteiger partial charge in [0.2, 0.25) is 11.7 Å². The lowest BCUT2D eigenvalue weighted by Gasteiger charge is -2.13. The lowest BCUT2D eigenvalue weighted by atomic mass is 10.2. The van der Waals surface area contributed by atoms with E-state index in [-0.39, 0.29) is 12.5 Å². The van der Waals surface area contributed by atoms with E-state index in [1.165, 1.54) is 6.26 Å². The van der Waals surface area contributed by atoms with Gasteiger partial charge in [-0.15, -0.1) is 15.3 Å². The van der Waals surface area contributed by atoms with Crippen LogP contribution in [0.2, 0.25) is 0 Å². The van der Waals surface area contributed by atoms with Crippen molar-refractivity contribution < 1.29 is 23.5 Å². The molecule has 13 nitrogen and oxygen atoms in total. The van der Waals surface area contributed by atoms with Crippen LogP contribution in [0.25, 0.3) is 27.9 Å². The van der Waals surface area contributed by atoms with E-state index in [1.54, 1.807) is 43.2 Å². The predicted molar refractivity (Wildman–Crippen MR) is 132 cm³/mol. The van der Waals surface area contributed by atoms with Crippen LogP contribution in [-0.2, 0) is 20.9 Å². The molecule has 13 heteroatoms. The van der Waals surface area contributed by atoms with Crippen LogP contribution in [0.1, 0.15) is 5.76 Å². The average Bonchev–Trinajstić information content (AvgIpc) is 3.57. The molecule has 0 saturated carbocycles. The summed E-state index contributed by atoms with van der Waals surface area (Å²) in [6.45, 7) is 1.26. The molecule has 0 radical (unpaired) electrons. The fourth-order valence-electron chi connectivity index (χ4n) is 3.57. The maximum atomic E-state index is 12.2. The van der Waals surface area contributed by atoms with Crippen LogP contribution in [0.15, 0.2) is 70.7 Å². The van der Waals surface area contributed by atoms with Crippen molar-refractivity contribution in [3.8, 4) is 17.4 Å². The summed E-state index contributed by atoms with van der Waals surface area (Å²) < 4.78 is 22.9. The van der Waals surface area contributed by atoms with E-state index in [4.69, 9.17) is 18.7 Å². The summed E-state index contributed by atoms with van der Waals surface area (Å²) in [5.41, 5.74) is 7.48. The van der Waals surface area contributed by atoms with Crippen LogP contribution in [-0.4, -0.2) is 58.2 Å². The molecule has 5 rings (SSSR count). The van der Waals surface area contributed by atoms with Crippen molar-refractivity contribution in [2.24, 2.45) is 0 Å². The lowest BCUT2D eigenvalue weighted by molar-refractivity contribution is -0.118. The Hall–Kier alpha value is -4.59. The molecule has 190 valence electrons. The Morgan fingerprint density at radius 1 is 1.16 bits per heavy atom. The summed E-state index contributed by atoms with van der Waals surface area (Å²) in [7, 11) is 3.16. The van der Waals surface area contributed by atoms with E-state index >= 15 is 0 Å². The Morgan fingerprint density at radius 3 is 2.81 bits per heavy atom. The second-order valence-corrected chi connectivity index (χ2v) is 7.86. The van der Waals surface area contributed by atoms with Crippen LogP contribution in [0.5, 0.6) is 5.88 Å². The monoisotopic (exact) mass is 504 g/mol. The molecular formula is C24H24N8O5. The molecule has 1 amide bonds. The van der Waals surface area contributed by atoms with E-state index in [0.717, 1.165) is 10.8 Å². The van der Waals surface area contributed by atoms with Gasteiger partial charge in [-0.2, -0.15) is 4.52 Å². The van der Waals surface area contributed by atoms with Crippen LogP contribution < -0.4 is 20.9 Å². The molecule has 0 atom stereocenters. The molecule has 0 bridgehead atoms. The maximum absolute atomic E-state index is 12.2. The largest absolute Gasteiger partial charge is 0.443 e. The lowest BCUT2D eigenvalue weighted by Crippen LogP contribution is -2.40. The highest BCUT2D eigenvalue weighted by atomic mass is 16.5. The molecule has 1 aliphatic heterocycles. The molecule has 3 aromatic heterocycles. The molecule has 37 heavy (non-hydrogen) atoms. The van der Waals surface area contributed by atoms with Crippen LogP contribution >= 0.6 is 0 Å². The zero-order chi connectivity index (χ0) is 25.6. The Kier molecular flexibility index (Phi) is 7.16. The second kappa shape index (κ2) is 11.0. The van der Waals surface area contributed by atoms with Crippen LogP contribution in [0.3, 0.4) is 0 Å². The highest BCUT2D eigenvalue weighted by molar-refractivity contribution is 5.97. The number of hydrogen-bond donors (Lipinski definition) is 3. The first-order valence-electron chi connectivity index (χ1n) is 11.3. The highest BCUT2D eigenvalue weighted by Gasteiger charge is 2.19. The van der Waals surface area contributed by atoms with Crippen molar-refractivity contribution in [2.75, 3.05) is 27.4 Å². The third-order valence-electron chi connectivity index (χ3n) is 5.33. The predicted octanol–water partition coefficient (Wildman–Crippen LogP) is 1.61. The SMILES string of the molecule is COCCNNC(=O)C1=CNC(=COc2nn3c(-c4cc(COC)on4)nnc3c3ccccc23)C=C1. The fraction of sp³-hybridized carbons (Fsp3) is 0.208. The van der Waals surface area contributed by atoms with Gasteiger partial charge >= 0.3 is 0 Å². The molecular weight excluding hydrogens is 480 g/mol. The number of amides is 1. The minimum Gasteiger partial charge on any atom is -0.443 e. The van der Waals surface area contributed by atoms with Gasteiger partial charge in [-0.1, -0.05) is 23.4 Å². The van der Waals surface area contributed by atoms with Gasteiger partial charge in [-0.3, -0.25) is 10.2 Å². The Balaban J connectivity index is 1.38. The van der Waals surface area contributed by atoms with Gasteiger partial charge < -0.3 is 24.1 Å². The quantitative estimate of drug-likeness (QED) is 0.164. The molecule has 0 aliphatic carbocycles. The molecule has 1 aliphatic rings. The van der Waals surface area contributed by atoms with E-state index in [9.17, 15) is 4.79 Å². The number of carbonyl (C=O) groups excluding carboxylic acids is 1. The molecule has 0 spiro atoms. The van der Waals surface area contributed by atoms with E-state index < -0.39 is 0 Å². The zero-order valence-electron chi connectivity index (χ0n) is 20.1. The summed E-state index contributed by atoms with van der Waals surface area (Å²) in [6.07, 6.45) is 6.49. The summed E-state index contributed by atoms with van der Waals surface area (Å²) in [5.74, 6) is 1.01. The molecule has 1 aromatic carbocycles. The number of allylic oxidation sites excluding steroid dienone is 1. The average molecular weight is 505 g/mol. The van der Waals surface area contributed by atoms with Crippen molar-refractivity contribution >= 4 is 22.3 Å². The number of aromatic nitrogens is 5. The van der Waals surface area contributed by atoms with Crippen molar-refractivity contribution in [2.45, 2.75) is 6.61 Å². The molecule has 0 fully saturated rings. The van der Waals surface area contributed by atoms with E-state index in [0.29, 0.717) is 53.2 Å². The number of dihydropyridines is 1. The third-order valence-corrected chi connectivity index (χ3v) is 5.33. The highest BCUT2D eigenvalue weighted by Crippen LogP contribution is 2.29. The Labute approximate surface area is 210 Å². The number of hydrazine groups is 1. The fourth-order valence-corrected chi connectivity index (χ4v) is 3.57. The third kappa shape index (κ3) is 5.18. The minimum absolute atomic E-state index is 0.278. The number of carbonyl (C=O) groups is 1. The molecule has 4 heterocycles. The second-order valence-electron chi connectivity index (χ2n) is 7.86. The zero-order valence-corrected chi connectivity index (χ0v) is 20.1. The minimum atomic E-state index is -0.278. The number of methoxy groups -OCH3 is 2. The number of benzene rings is 1. The standard InChI is InChI=1S/C24H24N8O5/c1-34-10-9-26-29-23(33)15-7-8-16(25-12-15)13-36-24-19-6-4-3-5-18(19)21-27-28-22(32(21)30-24)20-11-17(14-35-2)37-31-20/h3-8,11-13,25-26H,9-10,14H2,1-2H3,(H,29,33). The van der Waals surface area contributed by atoms with Crippen molar-refractivity contribution in [3.05, 3.63) is 72.0 Å². The maximum Gasteiger partial charge on any atom is 0.266 e. The van der Waals surface area contributed by atoms with Crippen molar-refractivity contribution in [1.82, 2.24) is 41.1 Å². The normalized spacial score (nSPS) is 14.2. The summed E-state index contributed by atoms with van der Waals surface area (Å²) in [4.78, 5) is 12.2. The van der Waals surface area contributed by atoms with Gasteiger partial charge in [-0.05, 0) is 18.2 Å². The molecule has 4 aromatic rings. The van der Waals surface area contributed by atoms with Crippen LogP contribution in [0.4, 0.5) is 0 Å². The number of hydrogen-bond acceptors (Lipinski definition) is 11. The van der Waals surface area contributed by atoms with Crippen molar-refractivity contribution in [3.63, 3.8) is 0 Å². The van der Waals surface area contributed by atoms with Crippen LogP contribution in [0, 0.1) is 0 Å². The van der Waals surface area contributed by atoms with Gasteiger partial charge in [0, 0.05) is 43.8 Å². The molecule has 0 unspecified atom stereocenters. The number of fused-ring (bicyclic) bond motifs is 3. The first-order valence-corrected chi connectivity index (χ1v) is 11.3. The van der Waals surface area contributed by atoms with E-state index in [1.807, 2.05) is 24.3 Å². The van der Waals surface area contributed by atoms with Gasteiger partial charge in [0.15, 0.2) is 17.1 Å². The summed E-state index contributed by atoms with van der Waals surface area (Å²) in [5, 5.41) is 21.9. The summed E-state index contributed by atoms with van der Waals surface area (Å²) in [6, 6.07) is 9.32. The number of rotatable bonds is 10. The molecule has 0 saturated heterocycles. The first-order chi connectivity index (χ1) is 18.2. The number of nitrogens with one attached hydrogen (secondary N) is 3.